The van der Waals surface area contributed by atoms with Gasteiger partial charge in [0.15, 0.2) is 0 Å². The highest BCUT2D eigenvalue weighted by atomic mass is 32.2. The lowest BCUT2D eigenvalue weighted by Gasteiger charge is -2.30. The number of benzene rings is 2. The van der Waals surface area contributed by atoms with Gasteiger partial charge in [-0.05, 0) is 38.1 Å². The second-order valence-corrected chi connectivity index (χ2v) is 9.74. The molecule has 1 fully saturated rings. The molecule has 0 aliphatic carbocycles. The fourth-order valence-corrected chi connectivity index (χ4v) is 5.98. The van der Waals surface area contributed by atoms with Crippen LogP contribution >= 0.6 is 0 Å². The third kappa shape index (κ3) is 5.49. The molecule has 33 heavy (non-hydrogen) atoms. The Kier molecular flexibility index (Phi) is 7.67. The highest BCUT2D eigenvalue weighted by Crippen LogP contribution is 2.29. The summed E-state index contributed by atoms with van der Waals surface area (Å²) in [6, 6.07) is 10.8. The summed E-state index contributed by atoms with van der Waals surface area (Å²) in [4.78, 5) is 13.0. The number of methoxy groups -OCH3 is 3. The topological polar surface area (TPSA) is 118 Å². The van der Waals surface area contributed by atoms with Gasteiger partial charge in [-0.1, -0.05) is 0 Å². The van der Waals surface area contributed by atoms with E-state index in [1.165, 1.54) is 21.3 Å². The molecule has 10 nitrogen and oxygen atoms in total. The molecule has 180 valence electrons. The van der Waals surface area contributed by atoms with Gasteiger partial charge in [-0.15, -0.1) is 0 Å². The van der Waals surface area contributed by atoms with Crippen molar-refractivity contribution in [3.63, 3.8) is 0 Å². The van der Waals surface area contributed by atoms with Gasteiger partial charge in [-0.2, -0.15) is 0 Å². The normalized spacial score (nSPS) is 20.2. The molecule has 11 heteroatoms. The lowest BCUT2D eigenvalue weighted by atomic mass is 10.2. The summed E-state index contributed by atoms with van der Waals surface area (Å²) in [7, 11) is 0.608. The lowest BCUT2D eigenvalue weighted by molar-refractivity contribution is -0.114. The van der Waals surface area contributed by atoms with Crippen LogP contribution in [-0.2, 0) is 14.8 Å². The van der Waals surface area contributed by atoms with E-state index in [0.717, 1.165) is 4.31 Å². The third-order valence-corrected chi connectivity index (χ3v) is 7.92. The van der Waals surface area contributed by atoms with Crippen LogP contribution in [0.25, 0.3) is 0 Å². The van der Waals surface area contributed by atoms with Gasteiger partial charge in [0, 0.05) is 36.0 Å². The Labute approximate surface area is 194 Å². The van der Waals surface area contributed by atoms with Crippen molar-refractivity contribution in [2.24, 2.45) is 0 Å². The lowest BCUT2D eigenvalue weighted by Crippen LogP contribution is -2.49. The number of carbonyl (C=O) groups excluding carboxylic acids is 1. The Morgan fingerprint density at radius 2 is 1.42 bits per heavy atom. The predicted octanol–water partition coefficient (Wildman–Crippen LogP) is 1.74. The van der Waals surface area contributed by atoms with E-state index in [1.54, 1.807) is 56.3 Å². The van der Waals surface area contributed by atoms with Gasteiger partial charge in [-0.25, -0.2) is 8.42 Å². The molecule has 0 saturated carbocycles. The van der Waals surface area contributed by atoms with E-state index >= 15 is 0 Å². The molecular weight excluding hydrogens is 448 g/mol. The largest absolute Gasteiger partial charge is 0.497 e. The van der Waals surface area contributed by atoms with Gasteiger partial charge in [0.2, 0.25) is 15.9 Å². The molecule has 1 amide bonds. The first kappa shape index (κ1) is 24.6. The molecule has 2 aromatic rings. The number of hydrazine groups is 1. The molecule has 1 saturated heterocycles. The second-order valence-electron chi connectivity index (χ2n) is 7.73. The molecule has 0 bridgehead atoms. The van der Waals surface area contributed by atoms with Crippen LogP contribution < -0.4 is 34.7 Å². The molecular formula is C22H30N4O6S. The highest BCUT2D eigenvalue weighted by molar-refractivity contribution is 7.93. The van der Waals surface area contributed by atoms with Crippen molar-refractivity contribution in [3.05, 3.63) is 42.5 Å². The third-order valence-electron chi connectivity index (χ3n) is 5.46. The van der Waals surface area contributed by atoms with Crippen LogP contribution in [0.5, 0.6) is 17.2 Å². The zero-order chi connectivity index (χ0) is 24.2. The van der Waals surface area contributed by atoms with Gasteiger partial charge in [0.05, 0.1) is 27.0 Å². The molecule has 0 radical (unpaired) electrons. The van der Waals surface area contributed by atoms with Crippen molar-refractivity contribution in [2.75, 3.05) is 37.5 Å². The first-order valence-electron chi connectivity index (χ1n) is 10.4. The number of hydrogen-bond donors (Lipinski definition) is 3. The summed E-state index contributed by atoms with van der Waals surface area (Å²) in [6.45, 7) is 3.16. The van der Waals surface area contributed by atoms with Gasteiger partial charge in [-0.3, -0.25) is 20.0 Å². The van der Waals surface area contributed by atoms with Crippen molar-refractivity contribution in [3.8, 4) is 17.2 Å². The number of nitrogens with zero attached hydrogens (tertiary/aromatic N) is 1. The summed E-state index contributed by atoms with van der Waals surface area (Å²) < 4.78 is 44.2. The van der Waals surface area contributed by atoms with Gasteiger partial charge < -0.3 is 19.5 Å². The van der Waals surface area contributed by atoms with Crippen LogP contribution in [0.15, 0.2) is 42.5 Å². The van der Waals surface area contributed by atoms with Crippen LogP contribution in [0.1, 0.15) is 13.8 Å². The quantitative estimate of drug-likeness (QED) is 0.499. The van der Waals surface area contributed by atoms with Crippen molar-refractivity contribution in [1.82, 2.24) is 10.9 Å². The zero-order valence-corrected chi connectivity index (χ0v) is 20.1. The fourth-order valence-electron chi connectivity index (χ4n) is 3.81. The Hall–Kier alpha value is -3.02. The summed E-state index contributed by atoms with van der Waals surface area (Å²) in [6.07, 6.45) is 0. The van der Waals surface area contributed by atoms with E-state index in [9.17, 15) is 13.2 Å². The van der Waals surface area contributed by atoms with Crippen molar-refractivity contribution < 1.29 is 27.4 Å². The Balaban J connectivity index is 1.92. The summed E-state index contributed by atoms with van der Waals surface area (Å²) in [5.74, 6) is 1.06. The molecule has 0 spiro atoms. The van der Waals surface area contributed by atoms with Gasteiger partial charge in [0.1, 0.15) is 29.0 Å². The Bertz CT molecular complexity index is 1040. The van der Waals surface area contributed by atoms with E-state index in [2.05, 4.69) is 16.2 Å². The van der Waals surface area contributed by atoms with Crippen LogP contribution in [0.3, 0.4) is 0 Å². The van der Waals surface area contributed by atoms with Gasteiger partial charge in [0.25, 0.3) is 0 Å². The number of ether oxygens (including phenoxy) is 3. The molecule has 0 aromatic heterocycles. The number of anilines is 2. The van der Waals surface area contributed by atoms with E-state index in [0.29, 0.717) is 28.6 Å². The van der Waals surface area contributed by atoms with Crippen molar-refractivity contribution >= 4 is 27.3 Å². The number of amides is 1. The first-order valence-corrected chi connectivity index (χ1v) is 11.9. The van der Waals surface area contributed by atoms with E-state index < -0.39 is 27.7 Å². The minimum Gasteiger partial charge on any atom is -0.497 e. The number of sulfonamides is 1. The minimum atomic E-state index is -3.93. The summed E-state index contributed by atoms with van der Waals surface area (Å²) >= 11 is 0. The number of hydrogen-bond acceptors (Lipinski definition) is 8. The monoisotopic (exact) mass is 478 g/mol. The van der Waals surface area contributed by atoms with Gasteiger partial charge >= 0.3 is 0 Å². The second kappa shape index (κ2) is 10.3. The average Bonchev–Trinajstić information content (AvgIpc) is 3.15. The van der Waals surface area contributed by atoms with E-state index in [-0.39, 0.29) is 12.1 Å². The number of carbonyl (C=O) groups is 1. The molecule has 1 aliphatic heterocycles. The molecule has 2 aromatic carbocycles. The Morgan fingerprint density at radius 1 is 0.909 bits per heavy atom. The predicted molar refractivity (Wildman–Crippen MR) is 126 cm³/mol. The van der Waals surface area contributed by atoms with Crippen molar-refractivity contribution in [2.45, 2.75) is 31.2 Å². The maximum Gasteiger partial charge on any atom is 0.245 e. The number of nitrogens with one attached hydrogen (secondary N) is 3. The molecule has 1 aliphatic rings. The van der Waals surface area contributed by atoms with E-state index in [1.807, 2.05) is 0 Å². The molecule has 2 unspecified atom stereocenters. The molecule has 2 atom stereocenters. The maximum absolute atomic E-state index is 13.7. The first-order chi connectivity index (χ1) is 15.7. The van der Waals surface area contributed by atoms with Crippen molar-refractivity contribution in [1.29, 1.82) is 0 Å². The van der Waals surface area contributed by atoms with E-state index in [4.69, 9.17) is 14.2 Å². The molecule has 1 heterocycles. The van der Waals surface area contributed by atoms with Crippen LogP contribution in [0, 0.1) is 0 Å². The standard InChI is InChI=1S/C22H30N4O6S/c1-14-22(15(2)25-24-14)33(28,29)26(17-6-8-18(30-3)9-7-17)13-21(27)23-16-10-19(31-4)12-20(11-16)32-5/h6-12,14-15,22,24-25H,13H2,1-5H3,(H,23,27). The fraction of sp³-hybridized carbons (Fsp3) is 0.409. The maximum atomic E-state index is 13.7. The summed E-state index contributed by atoms with van der Waals surface area (Å²) in [5, 5.41) is 1.96. The number of rotatable bonds is 9. The van der Waals surface area contributed by atoms with Crippen LogP contribution in [0.4, 0.5) is 11.4 Å². The molecule has 3 rings (SSSR count). The average molecular weight is 479 g/mol. The van der Waals surface area contributed by atoms with Crippen LogP contribution in [0.2, 0.25) is 0 Å². The highest BCUT2D eigenvalue weighted by Gasteiger charge is 2.44. The summed E-state index contributed by atoms with van der Waals surface area (Å²) in [5.41, 5.74) is 6.72. The minimum absolute atomic E-state index is 0.351. The zero-order valence-electron chi connectivity index (χ0n) is 19.3. The van der Waals surface area contributed by atoms with Crippen LogP contribution in [-0.4, -0.2) is 59.5 Å². The smallest absolute Gasteiger partial charge is 0.245 e. The SMILES string of the molecule is COc1ccc(N(CC(=O)Nc2cc(OC)cc(OC)c2)S(=O)(=O)C2C(C)NNC2C)cc1. The molecule has 3 N–H and O–H groups in total. The Morgan fingerprint density at radius 3 is 1.91 bits per heavy atom.